The van der Waals surface area contributed by atoms with E-state index in [0.717, 1.165) is 0 Å². The van der Waals surface area contributed by atoms with Crippen molar-refractivity contribution in [3.63, 3.8) is 0 Å². The summed E-state index contributed by atoms with van der Waals surface area (Å²) in [5.74, 6) is -1.95. The van der Waals surface area contributed by atoms with Gasteiger partial charge >= 0.3 is 5.97 Å². The Hall–Kier alpha value is -1.43. The number of carboxylic acid groups (broad SMARTS) is 1. The molecule has 0 saturated carbocycles. The number of unbranched alkanes of at least 4 members (excludes halogenated alkanes) is 1. The van der Waals surface area contributed by atoms with Crippen molar-refractivity contribution in [1.82, 2.24) is 5.32 Å². The minimum absolute atomic E-state index is 0.0254. The first-order valence-electron chi connectivity index (χ1n) is 5.46. The molecule has 0 atom stereocenters. The maximum absolute atomic E-state index is 13.5. The van der Waals surface area contributed by atoms with E-state index in [1.54, 1.807) is 6.07 Å². The second kappa shape index (κ2) is 7.10. The molecule has 0 radical (unpaired) electrons. The average molecular weight is 318 g/mol. The number of carbonyl (C=O) groups excluding carboxylic acids is 1. The fourth-order valence-electron chi connectivity index (χ4n) is 1.38. The highest BCUT2D eigenvalue weighted by atomic mass is 79.9. The van der Waals surface area contributed by atoms with Gasteiger partial charge in [-0.2, -0.15) is 0 Å². The molecule has 0 fully saturated rings. The lowest BCUT2D eigenvalue weighted by Gasteiger charge is -2.06. The number of nitrogens with one attached hydrogen (secondary N) is 1. The predicted octanol–water partition coefficient (Wildman–Crippen LogP) is 2.57. The minimum Gasteiger partial charge on any atom is -0.481 e. The summed E-state index contributed by atoms with van der Waals surface area (Å²) in [6.07, 6.45) is 1.10. The lowest BCUT2D eigenvalue weighted by molar-refractivity contribution is -0.137. The second-order valence-electron chi connectivity index (χ2n) is 3.71. The zero-order chi connectivity index (χ0) is 13.5. The van der Waals surface area contributed by atoms with E-state index in [0.29, 0.717) is 19.4 Å². The van der Waals surface area contributed by atoms with Crippen LogP contribution in [0.3, 0.4) is 0 Å². The summed E-state index contributed by atoms with van der Waals surface area (Å²) >= 11 is 3.00. The Bertz CT molecular complexity index is 451. The maximum Gasteiger partial charge on any atom is 0.303 e. The van der Waals surface area contributed by atoms with Crippen molar-refractivity contribution < 1.29 is 19.1 Å². The molecule has 4 nitrogen and oxygen atoms in total. The first-order valence-corrected chi connectivity index (χ1v) is 6.25. The number of carbonyl (C=O) groups is 2. The fourth-order valence-corrected chi connectivity index (χ4v) is 1.74. The molecule has 98 valence electrons. The molecule has 0 saturated heterocycles. The molecular weight excluding hydrogens is 305 g/mol. The van der Waals surface area contributed by atoms with Gasteiger partial charge in [-0.15, -0.1) is 0 Å². The summed E-state index contributed by atoms with van der Waals surface area (Å²) in [4.78, 5) is 21.9. The number of halogens is 2. The summed E-state index contributed by atoms with van der Waals surface area (Å²) in [5, 5.41) is 11.0. The molecular formula is C12H13BrFNO3. The maximum atomic E-state index is 13.5. The zero-order valence-corrected chi connectivity index (χ0v) is 11.2. The van der Waals surface area contributed by atoms with Crippen LogP contribution in [-0.2, 0) is 4.79 Å². The Balaban J connectivity index is 2.41. The van der Waals surface area contributed by atoms with Gasteiger partial charge in [0.15, 0.2) is 0 Å². The van der Waals surface area contributed by atoms with E-state index in [2.05, 4.69) is 21.2 Å². The highest BCUT2D eigenvalue weighted by molar-refractivity contribution is 9.10. The van der Waals surface area contributed by atoms with Gasteiger partial charge in [-0.3, -0.25) is 9.59 Å². The summed E-state index contributed by atoms with van der Waals surface area (Å²) < 4.78 is 13.8. The average Bonchev–Trinajstić information content (AvgIpc) is 2.31. The van der Waals surface area contributed by atoms with E-state index in [9.17, 15) is 14.0 Å². The second-order valence-corrected chi connectivity index (χ2v) is 4.56. The fraction of sp³-hybridized carbons (Fsp3) is 0.333. The molecule has 0 heterocycles. The molecule has 1 rings (SSSR count). The summed E-state index contributed by atoms with van der Waals surface area (Å²) in [6.45, 7) is 0.331. The molecule has 18 heavy (non-hydrogen) atoms. The zero-order valence-electron chi connectivity index (χ0n) is 9.58. The molecule has 2 N–H and O–H groups in total. The number of aliphatic carboxylic acids is 1. The van der Waals surface area contributed by atoms with Crippen LogP contribution >= 0.6 is 15.9 Å². The van der Waals surface area contributed by atoms with Gasteiger partial charge in [-0.25, -0.2) is 4.39 Å². The van der Waals surface area contributed by atoms with Crippen molar-refractivity contribution in [2.24, 2.45) is 0 Å². The molecule has 6 heteroatoms. The summed E-state index contributed by atoms with van der Waals surface area (Å²) in [7, 11) is 0. The van der Waals surface area contributed by atoms with Crippen LogP contribution in [0, 0.1) is 5.82 Å². The van der Waals surface area contributed by atoms with Crippen LogP contribution in [0.2, 0.25) is 0 Å². The number of hydrogen-bond acceptors (Lipinski definition) is 2. The summed E-state index contributed by atoms with van der Waals surface area (Å²) in [6, 6.07) is 4.48. The molecule has 0 unspecified atom stereocenters. The molecule has 0 aliphatic carbocycles. The normalized spacial score (nSPS) is 10.1. The highest BCUT2D eigenvalue weighted by Crippen LogP contribution is 2.18. The van der Waals surface area contributed by atoms with Crippen LogP contribution in [0.25, 0.3) is 0 Å². The number of amides is 1. The third-order valence-corrected chi connectivity index (χ3v) is 2.91. The van der Waals surface area contributed by atoms with Crippen LogP contribution in [0.5, 0.6) is 0 Å². The van der Waals surface area contributed by atoms with Gasteiger partial charge in [0.1, 0.15) is 5.82 Å². The van der Waals surface area contributed by atoms with Crippen LogP contribution < -0.4 is 5.32 Å². The van der Waals surface area contributed by atoms with Crippen molar-refractivity contribution in [2.75, 3.05) is 6.54 Å². The molecule has 0 aliphatic rings. The lowest BCUT2D eigenvalue weighted by Crippen LogP contribution is -2.25. The molecule has 0 aliphatic heterocycles. The van der Waals surface area contributed by atoms with Crippen molar-refractivity contribution >= 4 is 27.8 Å². The van der Waals surface area contributed by atoms with Crippen molar-refractivity contribution in [2.45, 2.75) is 19.3 Å². The van der Waals surface area contributed by atoms with E-state index in [-0.39, 0.29) is 16.5 Å². The lowest BCUT2D eigenvalue weighted by atomic mass is 10.2. The van der Waals surface area contributed by atoms with Gasteiger partial charge in [-0.1, -0.05) is 6.07 Å². The first-order chi connectivity index (χ1) is 8.52. The third-order valence-electron chi connectivity index (χ3n) is 2.30. The number of benzene rings is 1. The van der Waals surface area contributed by atoms with Gasteiger partial charge in [0.25, 0.3) is 5.91 Å². The predicted molar refractivity (Wildman–Crippen MR) is 67.9 cm³/mol. The topological polar surface area (TPSA) is 66.4 Å². The monoisotopic (exact) mass is 317 g/mol. The van der Waals surface area contributed by atoms with Crippen LogP contribution in [0.4, 0.5) is 4.39 Å². The Labute approximate surface area is 112 Å². The van der Waals surface area contributed by atoms with Crippen molar-refractivity contribution in [3.05, 3.63) is 34.1 Å². The van der Waals surface area contributed by atoms with Gasteiger partial charge < -0.3 is 10.4 Å². The molecule has 0 spiro atoms. The molecule has 0 aromatic heterocycles. The van der Waals surface area contributed by atoms with E-state index < -0.39 is 17.7 Å². The van der Waals surface area contributed by atoms with Crippen molar-refractivity contribution in [3.8, 4) is 0 Å². The molecule has 1 amide bonds. The number of hydrogen-bond donors (Lipinski definition) is 2. The van der Waals surface area contributed by atoms with Gasteiger partial charge in [0.2, 0.25) is 0 Å². The molecule has 1 aromatic rings. The van der Waals surface area contributed by atoms with Crippen molar-refractivity contribution in [1.29, 1.82) is 0 Å². The standard InChI is InChI=1S/C12H13BrFNO3/c13-9-5-3-4-8(11(9)14)12(18)15-7-2-1-6-10(16)17/h3-5H,1-2,6-7H2,(H,15,18)(H,16,17). The smallest absolute Gasteiger partial charge is 0.303 e. The van der Waals surface area contributed by atoms with E-state index >= 15 is 0 Å². The highest BCUT2D eigenvalue weighted by Gasteiger charge is 2.12. The Kier molecular flexibility index (Phi) is 5.77. The van der Waals surface area contributed by atoms with E-state index in [4.69, 9.17) is 5.11 Å². The van der Waals surface area contributed by atoms with E-state index in [1.165, 1.54) is 12.1 Å². The number of carboxylic acids is 1. The number of rotatable bonds is 6. The van der Waals surface area contributed by atoms with Gasteiger partial charge in [0.05, 0.1) is 10.0 Å². The van der Waals surface area contributed by atoms with Crippen LogP contribution in [-0.4, -0.2) is 23.5 Å². The minimum atomic E-state index is -0.862. The third kappa shape index (κ3) is 4.44. The summed E-state index contributed by atoms with van der Waals surface area (Å²) in [5.41, 5.74) is -0.0254. The molecule has 1 aromatic carbocycles. The Morgan fingerprint density at radius 3 is 2.72 bits per heavy atom. The van der Waals surface area contributed by atoms with Crippen LogP contribution in [0.15, 0.2) is 22.7 Å². The first kappa shape index (κ1) is 14.6. The SMILES string of the molecule is O=C(O)CCCCNC(=O)c1cccc(Br)c1F. The van der Waals surface area contributed by atoms with E-state index in [1.807, 2.05) is 0 Å². The molecule has 0 bridgehead atoms. The largest absolute Gasteiger partial charge is 0.481 e. The Morgan fingerprint density at radius 1 is 1.33 bits per heavy atom. The Morgan fingerprint density at radius 2 is 2.06 bits per heavy atom. The van der Waals surface area contributed by atoms with Gasteiger partial charge in [0, 0.05) is 13.0 Å². The van der Waals surface area contributed by atoms with Gasteiger partial charge in [-0.05, 0) is 40.9 Å². The quantitative estimate of drug-likeness (QED) is 0.792. The van der Waals surface area contributed by atoms with Crippen LogP contribution in [0.1, 0.15) is 29.6 Å².